The van der Waals surface area contributed by atoms with Crippen molar-refractivity contribution in [3.63, 3.8) is 0 Å². The molecule has 100 valence electrons. The van der Waals surface area contributed by atoms with E-state index in [9.17, 15) is 0 Å². The van der Waals surface area contributed by atoms with Crippen LogP contribution in [0.5, 0.6) is 0 Å². The van der Waals surface area contributed by atoms with E-state index in [4.69, 9.17) is 4.74 Å². The Balaban J connectivity index is 1.69. The molecule has 0 saturated carbocycles. The van der Waals surface area contributed by atoms with Crippen molar-refractivity contribution < 1.29 is 4.74 Å². The van der Waals surface area contributed by atoms with Gasteiger partial charge in [0.25, 0.3) is 0 Å². The highest BCUT2D eigenvalue weighted by atomic mass is 16.5. The smallest absolute Gasteiger partial charge is 0.0645 e. The fraction of sp³-hybridized carbons (Fsp3) is 0.600. The Morgan fingerprint density at radius 1 is 1.28 bits per heavy atom. The van der Waals surface area contributed by atoms with Crippen LogP contribution in [0.4, 0.5) is 0 Å². The van der Waals surface area contributed by atoms with Crippen LogP contribution in [-0.2, 0) is 11.3 Å². The van der Waals surface area contributed by atoms with Crippen LogP contribution in [0, 0.1) is 0 Å². The van der Waals surface area contributed by atoms with Gasteiger partial charge < -0.3 is 10.1 Å². The van der Waals surface area contributed by atoms with Gasteiger partial charge in [0.05, 0.1) is 13.2 Å². The van der Waals surface area contributed by atoms with Crippen molar-refractivity contribution in [1.82, 2.24) is 10.2 Å². The minimum Gasteiger partial charge on any atom is -0.378 e. The molecule has 1 N–H and O–H groups in total. The number of nitrogens with one attached hydrogen (secondary N) is 1. The maximum atomic E-state index is 5.53. The summed E-state index contributed by atoms with van der Waals surface area (Å²) in [5.41, 5.74) is 1.52. The predicted molar refractivity (Wildman–Crippen MR) is 74.6 cm³/mol. The zero-order valence-electron chi connectivity index (χ0n) is 11.5. The molecule has 3 nitrogen and oxygen atoms in total. The second-order valence-corrected chi connectivity index (χ2v) is 5.51. The van der Waals surface area contributed by atoms with Gasteiger partial charge in [-0.05, 0) is 19.4 Å². The maximum Gasteiger partial charge on any atom is 0.0645 e. The molecule has 1 aliphatic rings. The quantitative estimate of drug-likeness (QED) is 0.805. The average Bonchev–Trinajstić information content (AvgIpc) is 2.37. The Morgan fingerprint density at radius 3 is 2.78 bits per heavy atom. The minimum absolute atomic E-state index is 0.173. The van der Waals surface area contributed by atoms with E-state index in [1.807, 2.05) is 0 Å². The summed E-state index contributed by atoms with van der Waals surface area (Å²) < 4.78 is 5.53. The Hall–Kier alpha value is -0.900. The van der Waals surface area contributed by atoms with Crippen LogP contribution in [0.3, 0.4) is 0 Å². The highest BCUT2D eigenvalue weighted by molar-refractivity contribution is 5.14. The second-order valence-electron chi connectivity index (χ2n) is 5.51. The molecule has 0 spiro atoms. The number of ether oxygens (including phenoxy) is 1. The molecule has 1 saturated heterocycles. The molecule has 0 aliphatic carbocycles. The van der Waals surface area contributed by atoms with Crippen molar-refractivity contribution in [2.45, 2.75) is 25.9 Å². The van der Waals surface area contributed by atoms with E-state index in [0.717, 1.165) is 39.4 Å². The van der Waals surface area contributed by atoms with E-state index >= 15 is 0 Å². The topological polar surface area (TPSA) is 24.5 Å². The third-order valence-electron chi connectivity index (χ3n) is 3.55. The van der Waals surface area contributed by atoms with E-state index in [1.54, 1.807) is 0 Å². The van der Waals surface area contributed by atoms with Crippen molar-refractivity contribution in [3.8, 4) is 0 Å². The van der Waals surface area contributed by atoms with E-state index < -0.39 is 0 Å². The summed E-state index contributed by atoms with van der Waals surface area (Å²) in [6.07, 6.45) is 0. The van der Waals surface area contributed by atoms with Gasteiger partial charge in [0.15, 0.2) is 0 Å². The van der Waals surface area contributed by atoms with Crippen molar-refractivity contribution >= 4 is 0 Å². The van der Waals surface area contributed by atoms with Gasteiger partial charge in [-0.1, -0.05) is 30.3 Å². The van der Waals surface area contributed by atoms with Gasteiger partial charge in [0, 0.05) is 31.7 Å². The Labute approximate surface area is 110 Å². The lowest BCUT2D eigenvalue weighted by molar-refractivity contribution is -0.0500. The molecule has 0 bridgehead atoms. The van der Waals surface area contributed by atoms with Gasteiger partial charge in [0.2, 0.25) is 0 Å². The molecule has 1 aromatic carbocycles. The Bertz CT molecular complexity index is 351. The molecule has 0 aromatic heterocycles. The van der Waals surface area contributed by atoms with Gasteiger partial charge in [-0.2, -0.15) is 0 Å². The molecule has 0 amide bonds. The molecule has 2 rings (SSSR count). The van der Waals surface area contributed by atoms with Crippen molar-refractivity contribution in [2.24, 2.45) is 0 Å². The lowest BCUT2D eigenvalue weighted by Gasteiger charge is -2.42. The van der Waals surface area contributed by atoms with E-state index in [0.29, 0.717) is 0 Å². The van der Waals surface area contributed by atoms with Crippen LogP contribution in [-0.4, -0.2) is 43.3 Å². The van der Waals surface area contributed by atoms with Crippen molar-refractivity contribution in [2.75, 3.05) is 32.8 Å². The standard InChI is InChI=1S/C15H24N2O/c1-15(2)13-18-11-10-17(15)9-8-16-12-14-6-4-3-5-7-14/h3-7,16H,8-13H2,1-2H3. The number of morpholine rings is 1. The first-order valence-corrected chi connectivity index (χ1v) is 6.76. The lowest BCUT2D eigenvalue weighted by atomic mass is 10.0. The van der Waals surface area contributed by atoms with Gasteiger partial charge in [0.1, 0.15) is 0 Å². The molecule has 3 heteroatoms. The summed E-state index contributed by atoms with van der Waals surface area (Å²) in [5, 5.41) is 3.50. The second kappa shape index (κ2) is 6.32. The molecular formula is C15H24N2O. The number of hydrogen-bond donors (Lipinski definition) is 1. The molecule has 1 aromatic rings. The summed E-state index contributed by atoms with van der Waals surface area (Å²) in [5.74, 6) is 0. The molecule has 0 atom stereocenters. The van der Waals surface area contributed by atoms with Crippen LogP contribution in [0.25, 0.3) is 0 Å². The van der Waals surface area contributed by atoms with Crippen LogP contribution >= 0.6 is 0 Å². The summed E-state index contributed by atoms with van der Waals surface area (Å²) in [7, 11) is 0. The Morgan fingerprint density at radius 2 is 2.06 bits per heavy atom. The molecule has 0 radical (unpaired) electrons. The summed E-state index contributed by atoms with van der Waals surface area (Å²) in [4.78, 5) is 2.51. The summed E-state index contributed by atoms with van der Waals surface area (Å²) >= 11 is 0. The molecule has 1 aliphatic heterocycles. The van der Waals surface area contributed by atoms with Gasteiger partial charge >= 0.3 is 0 Å². The highest BCUT2D eigenvalue weighted by Crippen LogP contribution is 2.17. The number of rotatable bonds is 5. The van der Waals surface area contributed by atoms with Crippen LogP contribution in [0.15, 0.2) is 30.3 Å². The van der Waals surface area contributed by atoms with E-state index in [1.165, 1.54) is 5.56 Å². The zero-order valence-corrected chi connectivity index (χ0v) is 11.5. The maximum absolute atomic E-state index is 5.53. The SMILES string of the molecule is CC1(C)COCCN1CCNCc1ccccc1. The largest absolute Gasteiger partial charge is 0.378 e. The first-order chi connectivity index (χ1) is 8.68. The fourth-order valence-corrected chi connectivity index (χ4v) is 2.35. The Kier molecular flexibility index (Phi) is 4.75. The van der Waals surface area contributed by atoms with Gasteiger partial charge in [-0.25, -0.2) is 0 Å². The third kappa shape index (κ3) is 3.80. The summed E-state index contributed by atoms with van der Waals surface area (Å²) in [6.45, 7) is 10.3. The highest BCUT2D eigenvalue weighted by Gasteiger charge is 2.29. The predicted octanol–water partition coefficient (Wildman–Crippen LogP) is 1.89. The van der Waals surface area contributed by atoms with Crippen molar-refractivity contribution in [1.29, 1.82) is 0 Å². The third-order valence-corrected chi connectivity index (χ3v) is 3.55. The summed E-state index contributed by atoms with van der Waals surface area (Å²) in [6, 6.07) is 10.5. The van der Waals surface area contributed by atoms with Crippen LogP contribution in [0.1, 0.15) is 19.4 Å². The molecule has 18 heavy (non-hydrogen) atoms. The number of hydrogen-bond acceptors (Lipinski definition) is 3. The van der Waals surface area contributed by atoms with Crippen molar-refractivity contribution in [3.05, 3.63) is 35.9 Å². The zero-order chi connectivity index (χ0) is 12.8. The molecule has 1 heterocycles. The first-order valence-electron chi connectivity index (χ1n) is 6.76. The van der Waals surface area contributed by atoms with Gasteiger partial charge in [-0.3, -0.25) is 4.90 Å². The molecule has 0 unspecified atom stereocenters. The van der Waals surface area contributed by atoms with Gasteiger partial charge in [-0.15, -0.1) is 0 Å². The average molecular weight is 248 g/mol. The van der Waals surface area contributed by atoms with E-state index in [-0.39, 0.29) is 5.54 Å². The van der Waals surface area contributed by atoms with Crippen LogP contribution < -0.4 is 5.32 Å². The number of nitrogens with zero attached hydrogens (tertiary/aromatic N) is 1. The van der Waals surface area contributed by atoms with E-state index in [2.05, 4.69) is 54.4 Å². The minimum atomic E-state index is 0.173. The molecule has 1 fully saturated rings. The fourth-order valence-electron chi connectivity index (χ4n) is 2.35. The monoisotopic (exact) mass is 248 g/mol. The molecular weight excluding hydrogens is 224 g/mol. The number of benzene rings is 1. The van der Waals surface area contributed by atoms with Crippen LogP contribution in [0.2, 0.25) is 0 Å². The lowest BCUT2D eigenvalue weighted by Crippen LogP contribution is -2.54. The normalized spacial score (nSPS) is 19.9. The first kappa shape index (κ1) is 13.5.